The molecule has 1 heterocycles. The van der Waals surface area contributed by atoms with Gasteiger partial charge in [0, 0.05) is 30.9 Å². The van der Waals surface area contributed by atoms with Crippen molar-refractivity contribution in [3.8, 4) is 0 Å². The summed E-state index contributed by atoms with van der Waals surface area (Å²) in [6.45, 7) is -0.200. The fourth-order valence-corrected chi connectivity index (χ4v) is 4.63. The highest BCUT2D eigenvalue weighted by molar-refractivity contribution is 7.89. The molecule has 1 aliphatic heterocycles. The zero-order chi connectivity index (χ0) is 26.5. The second-order valence-electron chi connectivity index (χ2n) is 7.97. The molecule has 0 aliphatic carbocycles. The van der Waals surface area contributed by atoms with Crippen molar-refractivity contribution in [1.29, 1.82) is 5.41 Å². The first-order valence-electron chi connectivity index (χ1n) is 10.7. The van der Waals surface area contributed by atoms with Crippen molar-refractivity contribution in [2.75, 3.05) is 37.6 Å². The fraction of sp³-hybridized carbons (Fsp3) is 0.273. The average molecular weight is 521 g/mol. The van der Waals surface area contributed by atoms with Crippen LogP contribution >= 0.6 is 0 Å². The molecule has 192 valence electrons. The minimum atomic E-state index is -4.28. The highest BCUT2D eigenvalue weighted by Gasteiger charge is 2.28. The summed E-state index contributed by atoms with van der Waals surface area (Å²) in [5, 5.41) is 19.1. The maximum absolute atomic E-state index is 13.0. The SMILES string of the molecule is N=C(N)c1ccc(N2CCN(CC(=O)NC[C@H](NS(=O)(=O)c3ccc(F)cc3)C(=O)O)C(=O)C2)cc1. The molecule has 0 bridgehead atoms. The van der Waals surface area contributed by atoms with E-state index >= 15 is 0 Å². The molecule has 0 radical (unpaired) electrons. The van der Waals surface area contributed by atoms with Crippen molar-refractivity contribution in [2.45, 2.75) is 10.9 Å². The summed E-state index contributed by atoms with van der Waals surface area (Å²) in [5.41, 5.74) is 6.76. The van der Waals surface area contributed by atoms with Crippen LogP contribution in [0.1, 0.15) is 5.56 Å². The lowest BCUT2D eigenvalue weighted by molar-refractivity contribution is -0.139. The van der Waals surface area contributed by atoms with Gasteiger partial charge in [-0.3, -0.25) is 19.8 Å². The number of carbonyl (C=O) groups is 3. The third-order valence-electron chi connectivity index (χ3n) is 5.42. The van der Waals surface area contributed by atoms with E-state index in [1.54, 1.807) is 24.3 Å². The van der Waals surface area contributed by atoms with Crippen molar-refractivity contribution in [3.63, 3.8) is 0 Å². The summed E-state index contributed by atoms with van der Waals surface area (Å²) in [4.78, 5) is 39.2. The first-order chi connectivity index (χ1) is 17.0. The monoisotopic (exact) mass is 520 g/mol. The zero-order valence-corrected chi connectivity index (χ0v) is 19.8. The molecule has 0 saturated carbocycles. The number of amides is 2. The van der Waals surface area contributed by atoms with E-state index in [0.29, 0.717) is 12.1 Å². The zero-order valence-electron chi connectivity index (χ0n) is 19.0. The number of halogens is 1. The van der Waals surface area contributed by atoms with E-state index in [1.165, 1.54) is 4.90 Å². The Morgan fingerprint density at radius 3 is 2.31 bits per heavy atom. The summed E-state index contributed by atoms with van der Waals surface area (Å²) in [6, 6.07) is 8.95. The first-order valence-corrected chi connectivity index (χ1v) is 12.2. The number of aliphatic carboxylic acids is 1. The van der Waals surface area contributed by atoms with E-state index in [-0.39, 0.29) is 36.3 Å². The summed E-state index contributed by atoms with van der Waals surface area (Å²) < 4.78 is 39.8. The number of amidine groups is 1. The topological polar surface area (TPSA) is 186 Å². The number of carboxylic acid groups (broad SMARTS) is 1. The van der Waals surface area contributed by atoms with E-state index in [1.807, 2.05) is 9.62 Å². The Balaban J connectivity index is 1.52. The normalized spacial score (nSPS) is 14.9. The Hall–Kier alpha value is -4.04. The molecule has 14 heteroatoms. The van der Waals surface area contributed by atoms with Gasteiger partial charge in [-0.05, 0) is 48.5 Å². The van der Waals surface area contributed by atoms with Gasteiger partial charge in [-0.25, -0.2) is 12.8 Å². The van der Waals surface area contributed by atoms with Crippen molar-refractivity contribution in [1.82, 2.24) is 14.9 Å². The van der Waals surface area contributed by atoms with Gasteiger partial charge in [-0.1, -0.05) is 0 Å². The van der Waals surface area contributed by atoms with Crippen LogP contribution in [0.4, 0.5) is 10.1 Å². The van der Waals surface area contributed by atoms with Crippen LogP contribution in [0, 0.1) is 11.2 Å². The van der Waals surface area contributed by atoms with Crippen LogP contribution in [-0.4, -0.2) is 80.8 Å². The van der Waals surface area contributed by atoms with Gasteiger partial charge in [0.25, 0.3) is 0 Å². The number of piperazine rings is 1. The Bertz CT molecular complexity index is 1250. The second-order valence-corrected chi connectivity index (χ2v) is 9.68. The molecule has 1 saturated heterocycles. The molecule has 0 spiro atoms. The predicted molar refractivity (Wildman–Crippen MR) is 127 cm³/mol. The number of carboxylic acids is 1. The van der Waals surface area contributed by atoms with Crippen LogP contribution in [0.3, 0.4) is 0 Å². The third kappa shape index (κ3) is 6.76. The van der Waals surface area contributed by atoms with Gasteiger partial charge in [-0.15, -0.1) is 0 Å². The molecule has 12 nitrogen and oxygen atoms in total. The Morgan fingerprint density at radius 1 is 1.11 bits per heavy atom. The number of carbonyl (C=O) groups excluding carboxylic acids is 2. The number of nitrogens with zero attached hydrogens (tertiary/aromatic N) is 2. The highest BCUT2D eigenvalue weighted by atomic mass is 32.2. The van der Waals surface area contributed by atoms with E-state index in [9.17, 15) is 32.3 Å². The molecular formula is C22H25FN6O6S. The first kappa shape index (κ1) is 26.6. The van der Waals surface area contributed by atoms with Crippen molar-refractivity contribution in [2.24, 2.45) is 5.73 Å². The Kier molecular flexibility index (Phi) is 8.22. The average Bonchev–Trinajstić information content (AvgIpc) is 2.83. The number of hydrogen-bond acceptors (Lipinski definition) is 7. The van der Waals surface area contributed by atoms with Crippen molar-refractivity contribution >= 4 is 39.3 Å². The van der Waals surface area contributed by atoms with Gasteiger partial charge >= 0.3 is 5.97 Å². The molecule has 0 unspecified atom stereocenters. The number of sulfonamides is 1. The Morgan fingerprint density at radius 2 is 1.75 bits per heavy atom. The van der Waals surface area contributed by atoms with Gasteiger partial charge in [0.05, 0.1) is 18.0 Å². The van der Waals surface area contributed by atoms with E-state index in [2.05, 4.69) is 5.32 Å². The standard InChI is InChI=1S/C22H25FN6O6S/c23-15-3-7-17(8-4-15)36(34,35)27-18(22(32)33)11-26-19(30)12-29-10-9-28(13-20(29)31)16-5-1-14(2-6-16)21(24)25/h1-8,18,27H,9-13H2,(H3,24,25)(H,26,30)(H,32,33)/t18-/m0/s1. The van der Waals surface area contributed by atoms with Gasteiger partial charge in [0.2, 0.25) is 21.8 Å². The number of anilines is 1. The molecular weight excluding hydrogens is 495 g/mol. The number of rotatable bonds is 10. The van der Waals surface area contributed by atoms with Gasteiger partial charge in [0.1, 0.15) is 17.7 Å². The molecule has 36 heavy (non-hydrogen) atoms. The lowest BCUT2D eigenvalue weighted by Crippen LogP contribution is -2.54. The summed E-state index contributed by atoms with van der Waals surface area (Å²) in [5.74, 6) is -3.23. The van der Waals surface area contributed by atoms with E-state index in [0.717, 1.165) is 30.0 Å². The molecule has 6 N–H and O–H groups in total. The highest BCUT2D eigenvalue weighted by Crippen LogP contribution is 2.18. The minimum absolute atomic E-state index is 0.0158. The van der Waals surface area contributed by atoms with Crippen LogP contribution in [-0.2, 0) is 24.4 Å². The van der Waals surface area contributed by atoms with Gasteiger partial charge in [-0.2, -0.15) is 4.72 Å². The van der Waals surface area contributed by atoms with Gasteiger partial charge < -0.3 is 26.0 Å². The molecule has 2 aromatic rings. The third-order valence-corrected chi connectivity index (χ3v) is 6.91. The molecule has 1 fully saturated rings. The number of nitrogen functional groups attached to an aromatic ring is 1. The van der Waals surface area contributed by atoms with Crippen molar-refractivity contribution < 1.29 is 32.3 Å². The number of nitrogens with two attached hydrogens (primary N) is 1. The van der Waals surface area contributed by atoms with E-state index in [4.69, 9.17) is 11.1 Å². The fourth-order valence-electron chi connectivity index (χ4n) is 3.44. The molecule has 0 aromatic heterocycles. The minimum Gasteiger partial charge on any atom is -0.480 e. The smallest absolute Gasteiger partial charge is 0.323 e. The summed E-state index contributed by atoms with van der Waals surface area (Å²) >= 11 is 0. The number of benzene rings is 2. The predicted octanol–water partition coefficient (Wildman–Crippen LogP) is -0.694. The van der Waals surface area contributed by atoms with Gasteiger partial charge in [0.15, 0.2) is 0 Å². The quantitative estimate of drug-likeness (QED) is 0.201. The molecule has 1 aliphatic rings. The Labute approximate surface area is 206 Å². The van der Waals surface area contributed by atoms with Crippen molar-refractivity contribution in [3.05, 3.63) is 59.9 Å². The maximum Gasteiger partial charge on any atom is 0.323 e. The van der Waals surface area contributed by atoms with Crippen LogP contribution in [0.25, 0.3) is 0 Å². The molecule has 2 aromatic carbocycles. The summed E-state index contributed by atoms with van der Waals surface area (Å²) in [7, 11) is -4.28. The largest absolute Gasteiger partial charge is 0.480 e. The van der Waals surface area contributed by atoms with Crippen LogP contribution in [0.2, 0.25) is 0 Å². The molecule has 3 rings (SSSR count). The summed E-state index contributed by atoms with van der Waals surface area (Å²) in [6.07, 6.45) is 0. The lowest BCUT2D eigenvalue weighted by Gasteiger charge is -2.35. The number of nitrogens with one attached hydrogen (secondary N) is 3. The van der Waals surface area contributed by atoms with Crippen LogP contribution in [0.5, 0.6) is 0 Å². The molecule has 2 amide bonds. The van der Waals surface area contributed by atoms with Crippen LogP contribution < -0.4 is 20.7 Å². The lowest BCUT2D eigenvalue weighted by atomic mass is 10.1. The second kappa shape index (κ2) is 11.1. The maximum atomic E-state index is 13.0. The number of hydrogen-bond donors (Lipinski definition) is 5. The van der Waals surface area contributed by atoms with E-state index < -0.39 is 40.3 Å². The van der Waals surface area contributed by atoms with Crippen LogP contribution in [0.15, 0.2) is 53.4 Å². The molecule has 1 atom stereocenters.